The average Bonchev–Trinajstić information content (AvgIpc) is 2.31. The molecule has 2 heteroatoms. The predicted molar refractivity (Wildman–Crippen MR) is 69.1 cm³/mol. The Bertz CT molecular complexity index is 437. The second-order valence-electron chi connectivity index (χ2n) is 3.17. The van der Waals surface area contributed by atoms with E-state index in [-0.39, 0.29) is 0 Å². The normalized spacial score (nSPS) is 8.75. The van der Waals surface area contributed by atoms with E-state index in [1.807, 2.05) is 30.3 Å². The zero-order chi connectivity index (χ0) is 11.8. The molecular formula is C14H15NO. The van der Waals surface area contributed by atoms with Crippen molar-refractivity contribution >= 4 is 11.8 Å². The molecular weight excluding hydrogens is 198 g/mol. The summed E-state index contributed by atoms with van der Waals surface area (Å²) in [6.07, 6.45) is 1.75. The minimum atomic E-state index is 0.322. The largest absolute Gasteiger partial charge is 0.508 e. The smallest absolute Gasteiger partial charge is 0.115 e. The maximum absolute atomic E-state index is 8.63. The van der Waals surface area contributed by atoms with Gasteiger partial charge in [0.1, 0.15) is 5.75 Å². The molecule has 0 fully saturated rings. The third kappa shape index (κ3) is 3.88. The van der Waals surface area contributed by atoms with Crippen LogP contribution in [0.1, 0.15) is 5.56 Å². The minimum Gasteiger partial charge on any atom is -0.508 e. The van der Waals surface area contributed by atoms with Gasteiger partial charge >= 0.3 is 0 Å². The number of nitrogens with two attached hydrogens (primary N) is 1. The summed E-state index contributed by atoms with van der Waals surface area (Å²) in [7, 11) is 0. The van der Waals surface area contributed by atoms with Crippen LogP contribution in [0.3, 0.4) is 0 Å². The zero-order valence-electron chi connectivity index (χ0n) is 9.01. The molecule has 16 heavy (non-hydrogen) atoms. The molecule has 0 aliphatic carbocycles. The fraction of sp³-hybridized carbons (Fsp3) is 0. The first-order chi connectivity index (χ1) is 7.74. The molecule has 0 saturated carbocycles. The maximum atomic E-state index is 8.63. The fourth-order valence-corrected chi connectivity index (χ4v) is 1.12. The van der Waals surface area contributed by atoms with Gasteiger partial charge in [0.15, 0.2) is 0 Å². The van der Waals surface area contributed by atoms with Gasteiger partial charge in [-0.15, -0.1) is 0 Å². The Morgan fingerprint density at radius 3 is 1.88 bits per heavy atom. The van der Waals surface area contributed by atoms with Crippen molar-refractivity contribution in [2.24, 2.45) is 0 Å². The molecule has 0 bridgehead atoms. The van der Waals surface area contributed by atoms with Gasteiger partial charge in [0, 0.05) is 5.69 Å². The van der Waals surface area contributed by atoms with Crippen LogP contribution in [0, 0.1) is 0 Å². The van der Waals surface area contributed by atoms with Crippen molar-refractivity contribution in [1.82, 2.24) is 0 Å². The number of para-hydroxylation sites is 2. The summed E-state index contributed by atoms with van der Waals surface area (Å²) in [6, 6.07) is 16.3. The first-order valence-electron chi connectivity index (χ1n) is 4.95. The second-order valence-corrected chi connectivity index (χ2v) is 3.17. The number of aromatic hydroxyl groups is 1. The van der Waals surface area contributed by atoms with Crippen molar-refractivity contribution in [2.45, 2.75) is 0 Å². The van der Waals surface area contributed by atoms with Crippen LogP contribution in [-0.2, 0) is 0 Å². The Balaban J connectivity index is 0.000000165. The summed E-state index contributed by atoms with van der Waals surface area (Å²) < 4.78 is 0. The van der Waals surface area contributed by atoms with Crippen molar-refractivity contribution in [3.05, 3.63) is 66.7 Å². The lowest BCUT2D eigenvalue weighted by molar-refractivity contribution is 0.475. The lowest BCUT2D eigenvalue weighted by Crippen LogP contribution is -1.86. The summed E-state index contributed by atoms with van der Waals surface area (Å²) >= 11 is 0. The summed E-state index contributed by atoms with van der Waals surface area (Å²) in [6.45, 7) is 3.61. The summed E-state index contributed by atoms with van der Waals surface area (Å²) in [5.41, 5.74) is 7.34. The predicted octanol–water partition coefficient (Wildman–Crippen LogP) is 3.30. The van der Waals surface area contributed by atoms with E-state index in [1.165, 1.54) is 0 Å². The Morgan fingerprint density at radius 2 is 1.50 bits per heavy atom. The number of nitrogen functional groups attached to an aromatic ring is 1. The number of anilines is 1. The summed E-state index contributed by atoms with van der Waals surface area (Å²) in [5.74, 6) is 0.322. The number of benzene rings is 2. The van der Waals surface area contributed by atoms with Crippen molar-refractivity contribution in [1.29, 1.82) is 0 Å². The van der Waals surface area contributed by atoms with E-state index in [9.17, 15) is 0 Å². The zero-order valence-corrected chi connectivity index (χ0v) is 9.01. The van der Waals surface area contributed by atoms with Gasteiger partial charge in [0.05, 0.1) is 0 Å². The number of rotatable bonds is 1. The van der Waals surface area contributed by atoms with Crippen LogP contribution in [0.2, 0.25) is 0 Å². The van der Waals surface area contributed by atoms with Crippen molar-refractivity contribution < 1.29 is 5.11 Å². The Morgan fingerprint density at radius 1 is 0.938 bits per heavy atom. The lowest BCUT2D eigenvalue weighted by Gasteiger charge is -1.95. The Hall–Kier alpha value is -2.22. The second kappa shape index (κ2) is 6.30. The van der Waals surface area contributed by atoms with Gasteiger partial charge in [-0.25, -0.2) is 0 Å². The van der Waals surface area contributed by atoms with Crippen LogP contribution >= 0.6 is 0 Å². The van der Waals surface area contributed by atoms with E-state index in [0.717, 1.165) is 11.3 Å². The molecule has 0 unspecified atom stereocenters. The molecule has 3 N–H and O–H groups in total. The molecule has 0 aromatic heterocycles. The van der Waals surface area contributed by atoms with Gasteiger partial charge in [0.25, 0.3) is 0 Å². The molecule has 0 aliphatic rings. The Kier molecular flexibility index (Phi) is 4.67. The molecule has 0 aliphatic heterocycles. The first kappa shape index (κ1) is 11.9. The molecule has 0 heterocycles. The van der Waals surface area contributed by atoms with Crippen molar-refractivity contribution in [3.63, 3.8) is 0 Å². The monoisotopic (exact) mass is 213 g/mol. The fourth-order valence-electron chi connectivity index (χ4n) is 1.12. The highest BCUT2D eigenvalue weighted by Crippen LogP contribution is 2.10. The maximum Gasteiger partial charge on any atom is 0.115 e. The lowest BCUT2D eigenvalue weighted by atomic mass is 10.2. The van der Waals surface area contributed by atoms with Crippen LogP contribution in [0.15, 0.2) is 61.2 Å². The highest BCUT2D eigenvalue weighted by molar-refractivity contribution is 5.62. The van der Waals surface area contributed by atoms with Crippen LogP contribution < -0.4 is 5.73 Å². The van der Waals surface area contributed by atoms with Gasteiger partial charge in [-0.2, -0.15) is 0 Å². The van der Waals surface area contributed by atoms with Gasteiger partial charge in [-0.05, 0) is 23.8 Å². The molecule has 2 rings (SSSR count). The van der Waals surface area contributed by atoms with Crippen LogP contribution in [0.5, 0.6) is 5.75 Å². The molecule has 0 amide bonds. The highest BCUT2D eigenvalue weighted by atomic mass is 16.3. The third-order valence-electron chi connectivity index (χ3n) is 1.97. The van der Waals surface area contributed by atoms with E-state index in [4.69, 9.17) is 10.8 Å². The highest BCUT2D eigenvalue weighted by Gasteiger charge is 1.87. The standard InChI is InChI=1S/C8H9N.C6H6O/c1-2-7-5-3-4-6-8(7)9;7-6-4-2-1-3-5-6/h2-6H,1,9H2;1-5,7H. The number of phenolic OH excluding ortho intramolecular Hbond substituents is 1. The van der Waals surface area contributed by atoms with E-state index in [0.29, 0.717) is 5.75 Å². The summed E-state index contributed by atoms with van der Waals surface area (Å²) in [5, 5.41) is 8.63. The molecule has 0 atom stereocenters. The van der Waals surface area contributed by atoms with Crippen LogP contribution in [-0.4, -0.2) is 5.11 Å². The average molecular weight is 213 g/mol. The van der Waals surface area contributed by atoms with E-state index >= 15 is 0 Å². The Labute approximate surface area is 95.7 Å². The van der Waals surface area contributed by atoms with Gasteiger partial charge < -0.3 is 10.8 Å². The number of hydrogen-bond donors (Lipinski definition) is 2. The summed E-state index contributed by atoms with van der Waals surface area (Å²) in [4.78, 5) is 0. The van der Waals surface area contributed by atoms with Crippen molar-refractivity contribution in [3.8, 4) is 5.75 Å². The van der Waals surface area contributed by atoms with E-state index in [2.05, 4.69) is 6.58 Å². The molecule has 0 spiro atoms. The topological polar surface area (TPSA) is 46.2 Å². The van der Waals surface area contributed by atoms with E-state index in [1.54, 1.807) is 30.3 Å². The van der Waals surface area contributed by atoms with Gasteiger partial charge in [-0.3, -0.25) is 0 Å². The molecule has 82 valence electrons. The SMILES string of the molecule is C=Cc1ccccc1N.Oc1ccccc1. The molecule has 2 aromatic rings. The van der Waals surface area contributed by atoms with Gasteiger partial charge in [0.2, 0.25) is 0 Å². The molecule has 0 radical (unpaired) electrons. The molecule has 2 nitrogen and oxygen atoms in total. The first-order valence-corrected chi connectivity index (χ1v) is 4.95. The quantitative estimate of drug-likeness (QED) is 0.714. The van der Waals surface area contributed by atoms with Crippen LogP contribution in [0.25, 0.3) is 6.08 Å². The van der Waals surface area contributed by atoms with Gasteiger partial charge in [-0.1, -0.05) is 49.1 Å². The van der Waals surface area contributed by atoms with Crippen molar-refractivity contribution in [2.75, 3.05) is 5.73 Å². The number of hydrogen-bond acceptors (Lipinski definition) is 2. The molecule has 0 saturated heterocycles. The van der Waals surface area contributed by atoms with E-state index < -0.39 is 0 Å². The molecule has 2 aromatic carbocycles. The minimum absolute atomic E-state index is 0.322. The van der Waals surface area contributed by atoms with Crippen LogP contribution in [0.4, 0.5) is 5.69 Å². The third-order valence-corrected chi connectivity index (χ3v) is 1.97. The number of phenols is 1.